The summed E-state index contributed by atoms with van der Waals surface area (Å²) in [7, 11) is -1.81. The highest BCUT2D eigenvalue weighted by atomic mass is 35.5. The van der Waals surface area contributed by atoms with Gasteiger partial charge in [-0.1, -0.05) is 23.7 Å². The molecule has 0 radical (unpaired) electrons. The number of halogens is 1. The Balaban J connectivity index is 1.98. The van der Waals surface area contributed by atoms with Crippen LogP contribution in [0.2, 0.25) is 5.02 Å². The summed E-state index contributed by atoms with van der Waals surface area (Å²) in [6.07, 6.45) is 0. The third-order valence-electron chi connectivity index (χ3n) is 3.98. The number of primary sulfonamides is 1. The minimum atomic E-state index is -3.74. The van der Waals surface area contributed by atoms with Crippen LogP contribution in [0.5, 0.6) is 0 Å². The monoisotopic (exact) mass is 382 g/mol. The third-order valence-corrected chi connectivity index (χ3v) is 5.16. The number of rotatable bonds is 6. The normalized spacial score (nSPS) is 13.9. The summed E-state index contributed by atoms with van der Waals surface area (Å²) in [6.45, 7) is 2.51. The number of hydrogen-bond acceptors (Lipinski definition) is 3. The van der Waals surface area contributed by atoms with Crippen molar-refractivity contribution in [3.63, 3.8) is 0 Å². The molecule has 0 aliphatic heterocycles. The van der Waals surface area contributed by atoms with Gasteiger partial charge >= 0.3 is 0 Å². The molecule has 4 N–H and O–H groups in total. The van der Waals surface area contributed by atoms with Gasteiger partial charge in [-0.25, -0.2) is 13.6 Å². The average molecular weight is 383 g/mol. The number of anilines is 1. The van der Waals surface area contributed by atoms with Gasteiger partial charge in [0.2, 0.25) is 10.0 Å². The van der Waals surface area contributed by atoms with E-state index in [1.165, 1.54) is 24.3 Å². The Labute approximate surface area is 152 Å². The van der Waals surface area contributed by atoms with E-state index in [1.54, 1.807) is 0 Å². The fourth-order valence-electron chi connectivity index (χ4n) is 2.28. The average Bonchev–Trinajstić information content (AvgIpc) is 2.55. The van der Waals surface area contributed by atoms with Gasteiger partial charge in [-0.2, -0.15) is 0 Å². The number of quaternary nitrogens is 1. The summed E-state index contributed by atoms with van der Waals surface area (Å²) < 4.78 is 22.5. The zero-order chi connectivity index (χ0) is 18.6. The number of nitrogens with one attached hydrogen (secondary N) is 2. The number of likely N-dealkylation sites (N-methyl/N-ethyl adjacent to an activating group) is 1. The highest BCUT2D eigenvalue weighted by molar-refractivity contribution is 7.89. The Hall–Kier alpha value is -1.93. The van der Waals surface area contributed by atoms with Gasteiger partial charge < -0.3 is 10.2 Å². The van der Waals surface area contributed by atoms with E-state index in [9.17, 15) is 13.2 Å². The predicted octanol–water partition coefficient (Wildman–Crippen LogP) is 1.03. The number of benzene rings is 2. The molecule has 0 spiro atoms. The van der Waals surface area contributed by atoms with Gasteiger partial charge in [-0.15, -0.1) is 0 Å². The second kappa shape index (κ2) is 7.97. The van der Waals surface area contributed by atoms with Crippen molar-refractivity contribution < 1.29 is 18.1 Å². The highest BCUT2D eigenvalue weighted by Crippen LogP contribution is 2.13. The Morgan fingerprint density at radius 3 is 2.24 bits per heavy atom. The van der Waals surface area contributed by atoms with Crippen LogP contribution in [0.3, 0.4) is 0 Å². The van der Waals surface area contributed by atoms with E-state index < -0.39 is 10.0 Å². The molecule has 0 bridgehead atoms. The van der Waals surface area contributed by atoms with Crippen LogP contribution in [0.1, 0.15) is 12.5 Å². The number of sulfonamides is 1. The first-order chi connectivity index (χ1) is 11.7. The SMILES string of the molecule is C[C@@H](C(=O)Nc1ccc(S(N)(=O)=O)cc1)[NH+](C)Cc1ccc(Cl)cc1. The predicted molar refractivity (Wildman–Crippen MR) is 97.9 cm³/mol. The van der Waals surface area contributed by atoms with Gasteiger partial charge in [0.05, 0.1) is 11.9 Å². The molecule has 6 nitrogen and oxygen atoms in total. The molecule has 0 saturated heterocycles. The van der Waals surface area contributed by atoms with Crippen molar-refractivity contribution in [1.29, 1.82) is 0 Å². The van der Waals surface area contributed by atoms with E-state index in [2.05, 4.69) is 5.32 Å². The number of carbonyl (C=O) groups excluding carboxylic acids is 1. The summed E-state index contributed by atoms with van der Waals surface area (Å²) in [5.41, 5.74) is 1.60. The van der Waals surface area contributed by atoms with Crippen molar-refractivity contribution in [2.75, 3.05) is 12.4 Å². The summed E-state index contributed by atoms with van der Waals surface area (Å²) in [5.74, 6) is -0.158. The molecule has 0 aliphatic rings. The van der Waals surface area contributed by atoms with Crippen LogP contribution in [-0.2, 0) is 21.4 Å². The standard InChI is InChI=1S/C17H20ClN3O3S/c1-12(21(2)11-13-3-5-14(18)6-4-13)17(22)20-15-7-9-16(10-8-15)25(19,23)24/h3-10,12H,11H2,1-2H3,(H,20,22)(H2,19,23,24)/p+1/t12-/m0/s1. The van der Waals surface area contributed by atoms with E-state index in [4.69, 9.17) is 16.7 Å². The van der Waals surface area contributed by atoms with Gasteiger partial charge in [-0.05, 0) is 43.3 Å². The van der Waals surface area contributed by atoms with Gasteiger partial charge in [0.25, 0.3) is 5.91 Å². The topological polar surface area (TPSA) is 93.7 Å². The molecule has 0 aromatic heterocycles. The van der Waals surface area contributed by atoms with Gasteiger partial charge in [0.1, 0.15) is 6.54 Å². The first-order valence-electron chi connectivity index (χ1n) is 7.67. The molecule has 2 aromatic rings. The molecule has 2 aromatic carbocycles. The van der Waals surface area contributed by atoms with Crippen molar-refractivity contribution in [3.8, 4) is 0 Å². The lowest BCUT2D eigenvalue weighted by molar-refractivity contribution is -0.907. The van der Waals surface area contributed by atoms with Crippen LogP contribution in [0.4, 0.5) is 5.69 Å². The van der Waals surface area contributed by atoms with E-state index in [-0.39, 0.29) is 16.8 Å². The van der Waals surface area contributed by atoms with Crippen LogP contribution in [0.25, 0.3) is 0 Å². The smallest absolute Gasteiger partial charge is 0.282 e. The Kier molecular flexibility index (Phi) is 6.18. The van der Waals surface area contributed by atoms with Crippen LogP contribution in [0.15, 0.2) is 53.4 Å². The molecule has 0 saturated carbocycles. The molecule has 0 heterocycles. The largest absolute Gasteiger partial charge is 0.324 e. The third kappa shape index (κ3) is 5.54. The Bertz CT molecular complexity index is 836. The molecule has 2 rings (SSSR count). The van der Waals surface area contributed by atoms with Gasteiger partial charge in [-0.3, -0.25) is 4.79 Å². The fourth-order valence-corrected chi connectivity index (χ4v) is 2.92. The second-order valence-electron chi connectivity index (χ2n) is 5.93. The molecule has 0 aliphatic carbocycles. The number of amides is 1. The van der Waals surface area contributed by atoms with E-state index in [1.807, 2.05) is 38.2 Å². The van der Waals surface area contributed by atoms with Crippen molar-refractivity contribution in [2.45, 2.75) is 24.4 Å². The molecule has 25 heavy (non-hydrogen) atoms. The molecule has 1 unspecified atom stereocenters. The van der Waals surface area contributed by atoms with Crippen LogP contribution in [-0.4, -0.2) is 27.4 Å². The van der Waals surface area contributed by atoms with Crippen LogP contribution < -0.4 is 15.4 Å². The zero-order valence-electron chi connectivity index (χ0n) is 14.0. The van der Waals surface area contributed by atoms with Crippen molar-refractivity contribution in [3.05, 3.63) is 59.1 Å². The van der Waals surface area contributed by atoms with Crippen LogP contribution in [0, 0.1) is 0 Å². The minimum Gasteiger partial charge on any atom is -0.324 e. The summed E-state index contributed by atoms with van der Waals surface area (Å²) in [6, 6.07) is 13.0. The second-order valence-corrected chi connectivity index (χ2v) is 7.93. The Morgan fingerprint density at radius 1 is 1.16 bits per heavy atom. The fraction of sp³-hybridized carbons (Fsp3) is 0.235. The first-order valence-corrected chi connectivity index (χ1v) is 9.60. The summed E-state index contributed by atoms with van der Waals surface area (Å²) >= 11 is 5.87. The first kappa shape index (κ1) is 19.4. The quantitative estimate of drug-likeness (QED) is 0.696. The number of carbonyl (C=O) groups is 1. The van der Waals surface area contributed by atoms with E-state index in [0.717, 1.165) is 10.5 Å². The molecular formula is C17H21ClN3O3S+. The number of hydrogen-bond donors (Lipinski definition) is 3. The maximum absolute atomic E-state index is 12.4. The summed E-state index contributed by atoms with van der Waals surface area (Å²) in [5, 5.41) is 8.51. The lowest BCUT2D eigenvalue weighted by atomic mass is 10.2. The van der Waals surface area contributed by atoms with Crippen LogP contribution >= 0.6 is 11.6 Å². The van der Waals surface area contributed by atoms with E-state index in [0.29, 0.717) is 17.3 Å². The van der Waals surface area contributed by atoms with Gasteiger partial charge in [0, 0.05) is 16.3 Å². The molecule has 1 amide bonds. The van der Waals surface area contributed by atoms with Crippen molar-refractivity contribution in [1.82, 2.24) is 0 Å². The maximum Gasteiger partial charge on any atom is 0.282 e. The lowest BCUT2D eigenvalue weighted by Gasteiger charge is -2.21. The Morgan fingerprint density at radius 2 is 1.72 bits per heavy atom. The highest BCUT2D eigenvalue weighted by Gasteiger charge is 2.22. The van der Waals surface area contributed by atoms with E-state index >= 15 is 0 Å². The lowest BCUT2D eigenvalue weighted by Crippen LogP contribution is -3.12. The van der Waals surface area contributed by atoms with Crippen molar-refractivity contribution >= 4 is 33.2 Å². The molecule has 8 heteroatoms. The molecule has 134 valence electrons. The molecular weight excluding hydrogens is 362 g/mol. The molecule has 0 fully saturated rings. The zero-order valence-corrected chi connectivity index (χ0v) is 15.6. The summed E-state index contributed by atoms with van der Waals surface area (Å²) in [4.78, 5) is 13.4. The maximum atomic E-state index is 12.4. The number of nitrogens with two attached hydrogens (primary N) is 1. The van der Waals surface area contributed by atoms with Gasteiger partial charge in [0.15, 0.2) is 6.04 Å². The minimum absolute atomic E-state index is 0.00373. The van der Waals surface area contributed by atoms with Crippen molar-refractivity contribution in [2.24, 2.45) is 5.14 Å². The molecule has 2 atom stereocenters.